The van der Waals surface area contributed by atoms with Crippen LogP contribution in [0.1, 0.15) is 39.0 Å². The summed E-state index contributed by atoms with van der Waals surface area (Å²) in [6.07, 6.45) is -3.17. The zero-order valence-electron chi connectivity index (χ0n) is 18.7. The summed E-state index contributed by atoms with van der Waals surface area (Å²) >= 11 is 0. The molecule has 0 unspecified atom stereocenters. The van der Waals surface area contributed by atoms with Crippen LogP contribution in [-0.2, 0) is 28.5 Å². The average molecular weight is 459 g/mol. The summed E-state index contributed by atoms with van der Waals surface area (Å²) in [6, 6.07) is 0. The Morgan fingerprint density at radius 3 is 2.50 bits per heavy atom. The smallest absolute Gasteiger partial charge is 0.333 e. The summed E-state index contributed by atoms with van der Waals surface area (Å²) in [4.78, 5) is 24.2. The van der Waals surface area contributed by atoms with Gasteiger partial charge in [-0.3, -0.25) is 4.79 Å². The zero-order valence-corrected chi connectivity index (χ0v) is 18.7. The number of carbonyl (C=O) groups excluding carboxylic acids is 2. The van der Waals surface area contributed by atoms with E-state index in [1.807, 2.05) is 13.0 Å². The third kappa shape index (κ3) is 4.71. The van der Waals surface area contributed by atoms with E-state index in [1.54, 1.807) is 0 Å². The molecule has 10 heteroatoms. The monoisotopic (exact) mass is 458 g/mol. The second kappa shape index (κ2) is 10.1. The van der Waals surface area contributed by atoms with E-state index < -0.39 is 48.8 Å². The van der Waals surface area contributed by atoms with Crippen LogP contribution in [0.3, 0.4) is 0 Å². The first-order valence-corrected chi connectivity index (χ1v) is 11.0. The van der Waals surface area contributed by atoms with Gasteiger partial charge < -0.3 is 39.4 Å². The van der Waals surface area contributed by atoms with Gasteiger partial charge in [0.1, 0.15) is 24.4 Å². The highest BCUT2D eigenvalue weighted by molar-refractivity contribution is 5.88. The van der Waals surface area contributed by atoms with Crippen molar-refractivity contribution in [2.75, 3.05) is 20.8 Å². The normalized spacial score (nSPS) is 41.9. The van der Waals surface area contributed by atoms with Crippen molar-refractivity contribution in [2.45, 2.75) is 75.8 Å². The van der Waals surface area contributed by atoms with Gasteiger partial charge in [0.25, 0.3) is 0 Å². The van der Waals surface area contributed by atoms with Crippen molar-refractivity contribution < 1.29 is 49.0 Å². The molecule has 1 saturated heterocycles. The molecule has 0 amide bonds. The van der Waals surface area contributed by atoms with Gasteiger partial charge in [-0.25, -0.2) is 4.79 Å². The predicted molar refractivity (Wildman–Crippen MR) is 109 cm³/mol. The second-order valence-electron chi connectivity index (χ2n) is 9.17. The molecule has 0 aromatic heterocycles. The molecule has 0 aromatic rings. The molecule has 0 spiro atoms. The Balaban J connectivity index is 1.84. The first kappa shape index (κ1) is 25.1. The van der Waals surface area contributed by atoms with Crippen molar-refractivity contribution in [3.8, 4) is 0 Å². The first-order valence-electron chi connectivity index (χ1n) is 11.0. The molecule has 0 radical (unpaired) electrons. The minimum absolute atomic E-state index is 0.00126. The SMILES string of the molecule is COC(=O)C[C@@H]1C[C@H](O[C@@H]2O[C@H](CO)[C@@H](O)[C@H](O)[C@H]2O)[C@]2(C)CCC(C(=O)OC)=CC[C@@H]12. The third-order valence-electron chi connectivity index (χ3n) is 7.47. The molecule has 3 aliphatic rings. The van der Waals surface area contributed by atoms with Crippen LogP contribution in [0.25, 0.3) is 0 Å². The fourth-order valence-corrected chi connectivity index (χ4v) is 5.46. The molecule has 182 valence electrons. The number of aliphatic hydroxyl groups is 4. The lowest BCUT2D eigenvalue weighted by molar-refractivity contribution is -0.318. The van der Waals surface area contributed by atoms with E-state index in [4.69, 9.17) is 18.9 Å². The highest BCUT2D eigenvalue weighted by Crippen LogP contribution is 2.56. The lowest BCUT2D eigenvalue weighted by atomic mass is 9.72. The molecule has 1 heterocycles. The van der Waals surface area contributed by atoms with Gasteiger partial charge in [0.05, 0.1) is 26.9 Å². The van der Waals surface area contributed by atoms with Gasteiger partial charge in [-0.05, 0) is 42.9 Å². The number of esters is 2. The van der Waals surface area contributed by atoms with Gasteiger partial charge in [0.15, 0.2) is 6.29 Å². The van der Waals surface area contributed by atoms with Crippen molar-refractivity contribution in [2.24, 2.45) is 17.3 Å². The molecule has 2 fully saturated rings. The number of methoxy groups -OCH3 is 2. The highest BCUT2D eigenvalue weighted by Gasteiger charge is 2.55. The Labute approximate surface area is 187 Å². The van der Waals surface area contributed by atoms with Crippen LogP contribution in [0.5, 0.6) is 0 Å². The van der Waals surface area contributed by atoms with E-state index in [2.05, 4.69) is 0 Å². The molecule has 1 aliphatic heterocycles. The molecule has 0 bridgehead atoms. The highest BCUT2D eigenvalue weighted by atomic mass is 16.7. The summed E-state index contributed by atoms with van der Waals surface area (Å²) < 4.78 is 21.5. The van der Waals surface area contributed by atoms with Crippen LogP contribution in [0.15, 0.2) is 11.6 Å². The van der Waals surface area contributed by atoms with Gasteiger partial charge in [0.2, 0.25) is 0 Å². The van der Waals surface area contributed by atoms with E-state index in [0.717, 1.165) is 0 Å². The first-order chi connectivity index (χ1) is 15.2. The summed E-state index contributed by atoms with van der Waals surface area (Å²) in [5.74, 6) is -0.814. The Morgan fingerprint density at radius 1 is 1.16 bits per heavy atom. The molecule has 1 saturated carbocycles. The van der Waals surface area contributed by atoms with Crippen LogP contribution in [0.4, 0.5) is 0 Å². The largest absolute Gasteiger partial charge is 0.469 e. The number of aliphatic hydroxyl groups excluding tert-OH is 4. The Kier molecular flexibility index (Phi) is 7.95. The number of ether oxygens (including phenoxy) is 4. The molecule has 3 rings (SSSR count). The van der Waals surface area contributed by atoms with Crippen LogP contribution >= 0.6 is 0 Å². The minimum atomic E-state index is -1.54. The molecule has 4 N–H and O–H groups in total. The summed E-state index contributed by atoms with van der Waals surface area (Å²) in [6.45, 7) is 1.48. The van der Waals surface area contributed by atoms with Crippen molar-refractivity contribution >= 4 is 11.9 Å². The molecule has 32 heavy (non-hydrogen) atoms. The fourth-order valence-electron chi connectivity index (χ4n) is 5.46. The lowest BCUT2D eigenvalue weighted by Gasteiger charge is -2.43. The Bertz CT molecular complexity index is 722. The number of rotatable bonds is 6. The minimum Gasteiger partial charge on any atom is -0.469 e. The maximum atomic E-state index is 12.1. The van der Waals surface area contributed by atoms with E-state index in [0.29, 0.717) is 31.3 Å². The van der Waals surface area contributed by atoms with Crippen LogP contribution in [-0.4, -0.2) is 90.0 Å². The number of fused-ring (bicyclic) bond motifs is 1. The van der Waals surface area contributed by atoms with Gasteiger partial charge in [-0.1, -0.05) is 13.0 Å². The molecule has 9 atom stereocenters. The van der Waals surface area contributed by atoms with Gasteiger partial charge in [-0.2, -0.15) is 0 Å². The fraction of sp³-hybridized carbons (Fsp3) is 0.818. The molecule has 10 nitrogen and oxygen atoms in total. The van der Waals surface area contributed by atoms with Crippen molar-refractivity contribution in [1.29, 1.82) is 0 Å². The number of allylic oxidation sites excluding steroid dienone is 1. The predicted octanol–water partition coefficient (Wildman–Crippen LogP) is -0.340. The van der Waals surface area contributed by atoms with E-state index >= 15 is 0 Å². The topological polar surface area (TPSA) is 152 Å². The van der Waals surface area contributed by atoms with Gasteiger partial charge >= 0.3 is 11.9 Å². The zero-order chi connectivity index (χ0) is 23.6. The van der Waals surface area contributed by atoms with Gasteiger partial charge in [0, 0.05) is 12.0 Å². The summed E-state index contributed by atoms with van der Waals surface area (Å²) in [5, 5.41) is 40.0. The van der Waals surface area contributed by atoms with Gasteiger partial charge in [-0.15, -0.1) is 0 Å². The van der Waals surface area contributed by atoms with E-state index in [9.17, 15) is 30.0 Å². The van der Waals surface area contributed by atoms with Crippen LogP contribution < -0.4 is 0 Å². The lowest BCUT2D eigenvalue weighted by Crippen LogP contribution is -2.60. The number of carbonyl (C=O) groups is 2. The standard InChI is InChI=1S/C22H34O10/c1-22-7-6-11(20(28)30-3)4-5-13(22)12(9-16(24)29-2)8-15(22)32-21-19(27)18(26)17(25)14(10-23)31-21/h4,12-15,17-19,21,23,25-27H,5-10H2,1-3H3/t12-,13-,14+,15-,17+,18-,19+,21-,22+/m0/s1. The number of hydrogen-bond acceptors (Lipinski definition) is 10. The molecular formula is C22H34O10. The molecule has 2 aliphatic carbocycles. The third-order valence-corrected chi connectivity index (χ3v) is 7.47. The van der Waals surface area contributed by atoms with E-state index in [1.165, 1.54) is 14.2 Å². The van der Waals surface area contributed by atoms with Crippen LogP contribution in [0, 0.1) is 17.3 Å². The molecular weight excluding hydrogens is 424 g/mol. The van der Waals surface area contributed by atoms with Crippen LogP contribution in [0.2, 0.25) is 0 Å². The van der Waals surface area contributed by atoms with Crippen molar-refractivity contribution in [1.82, 2.24) is 0 Å². The molecule has 0 aromatic carbocycles. The maximum Gasteiger partial charge on any atom is 0.333 e. The Morgan fingerprint density at radius 2 is 1.88 bits per heavy atom. The quantitative estimate of drug-likeness (QED) is 0.389. The van der Waals surface area contributed by atoms with E-state index in [-0.39, 0.29) is 30.2 Å². The average Bonchev–Trinajstić information content (AvgIpc) is 2.91. The Hall–Kier alpha value is -1.56. The second-order valence-corrected chi connectivity index (χ2v) is 9.17. The summed E-state index contributed by atoms with van der Waals surface area (Å²) in [7, 11) is 2.67. The van der Waals surface area contributed by atoms with Crippen molar-refractivity contribution in [3.05, 3.63) is 11.6 Å². The number of hydrogen-bond donors (Lipinski definition) is 4. The maximum absolute atomic E-state index is 12.1. The van der Waals surface area contributed by atoms with Crippen molar-refractivity contribution in [3.63, 3.8) is 0 Å². The summed E-state index contributed by atoms with van der Waals surface area (Å²) in [5.41, 5.74) is 0.107.